The van der Waals surface area contributed by atoms with Crippen LogP contribution in [0.25, 0.3) is 0 Å². The molecule has 1 heterocycles. The lowest BCUT2D eigenvalue weighted by atomic mass is 10.1. The van der Waals surface area contributed by atoms with E-state index in [0.717, 1.165) is 37.2 Å². The molecule has 0 aliphatic carbocycles. The Morgan fingerprint density at radius 3 is 2.36 bits per heavy atom. The topological polar surface area (TPSA) is 52.6 Å². The molecule has 5 nitrogen and oxygen atoms in total. The summed E-state index contributed by atoms with van der Waals surface area (Å²) in [6, 6.07) is 15.6. The highest BCUT2D eigenvalue weighted by molar-refractivity contribution is 9.10. The first kappa shape index (κ1) is 20.6. The molecule has 0 radical (unpaired) electrons. The SMILES string of the molecule is Cc1ccccc1CN1CCN(C(=O)CCNC(=O)c2ccc(Br)cc2)CC1. The number of aryl methyl sites for hydroxylation is 1. The third-order valence-corrected chi connectivity index (χ3v) is 5.64. The molecular weight excluding hydrogens is 418 g/mol. The monoisotopic (exact) mass is 443 g/mol. The average molecular weight is 444 g/mol. The second-order valence-corrected chi connectivity index (χ2v) is 8.01. The quantitative estimate of drug-likeness (QED) is 0.745. The van der Waals surface area contributed by atoms with Gasteiger partial charge in [-0.3, -0.25) is 14.5 Å². The van der Waals surface area contributed by atoms with Crippen LogP contribution in [-0.2, 0) is 11.3 Å². The number of carbonyl (C=O) groups excluding carboxylic acids is 2. The van der Waals surface area contributed by atoms with Gasteiger partial charge in [-0.25, -0.2) is 0 Å². The first-order valence-electron chi connectivity index (χ1n) is 9.61. The summed E-state index contributed by atoms with van der Waals surface area (Å²) in [4.78, 5) is 28.8. The molecular formula is C22H26BrN3O2. The molecule has 1 fully saturated rings. The molecule has 2 aromatic carbocycles. The lowest BCUT2D eigenvalue weighted by Crippen LogP contribution is -2.48. The largest absolute Gasteiger partial charge is 0.352 e. The molecule has 0 spiro atoms. The molecule has 2 amide bonds. The molecule has 0 atom stereocenters. The zero-order chi connectivity index (χ0) is 19.9. The Morgan fingerprint density at radius 2 is 1.68 bits per heavy atom. The fraction of sp³-hybridized carbons (Fsp3) is 0.364. The second-order valence-electron chi connectivity index (χ2n) is 7.10. The predicted octanol–water partition coefficient (Wildman–Crippen LogP) is 3.22. The van der Waals surface area contributed by atoms with Crippen LogP contribution in [0.4, 0.5) is 0 Å². The Labute approximate surface area is 174 Å². The van der Waals surface area contributed by atoms with Crippen molar-refractivity contribution in [1.82, 2.24) is 15.1 Å². The summed E-state index contributed by atoms with van der Waals surface area (Å²) in [5.74, 6) is -0.0463. The van der Waals surface area contributed by atoms with Crippen molar-refractivity contribution in [3.63, 3.8) is 0 Å². The average Bonchev–Trinajstić information content (AvgIpc) is 2.70. The van der Waals surface area contributed by atoms with E-state index in [4.69, 9.17) is 0 Å². The highest BCUT2D eigenvalue weighted by Crippen LogP contribution is 2.13. The fourth-order valence-corrected chi connectivity index (χ4v) is 3.59. The summed E-state index contributed by atoms with van der Waals surface area (Å²) in [6.07, 6.45) is 0.333. The van der Waals surface area contributed by atoms with E-state index in [-0.39, 0.29) is 11.8 Å². The van der Waals surface area contributed by atoms with Crippen molar-refractivity contribution in [3.05, 3.63) is 69.7 Å². The lowest BCUT2D eigenvalue weighted by molar-refractivity contribution is -0.132. The van der Waals surface area contributed by atoms with Crippen molar-refractivity contribution in [2.45, 2.75) is 19.9 Å². The second kappa shape index (κ2) is 9.85. The number of hydrogen-bond acceptors (Lipinski definition) is 3. The van der Waals surface area contributed by atoms with Crippen LogP contribution in [0.3, 0.4) is 0 Å². The number of halogens is 1. The Balaban J connectivity index is 1.38. The number of amides is 2. The summed E-state index contributed by atoms with van der Waals surface area (Å²) in [7, 11) is 0. The highest BCUT2D eigenvalue weighted by atomic mass is 79.9. The van der Waals surface area contributed by atoms with Crippen molar-refractivity contribution in [2.24, 2.45) is 0 Å². The Hall–Kier alpha value is -2.18. The van der Waals surface area contributed by atoms with E-state index < -0.39 is 0 Å². The Bertz CT molecular complexity index is 815. The van der Waals surface area contributed by atoms with Crippen LogP contribution in [0.1, 0.15) is 27.9 Å². The minimum atomic E-state index is -0.150. The van der Waals surface area contributed by atoms with Gasteiger partial charge in [0.1, 0.15) is 0 Å². The van der Waals surface area contributed by atoms with Crippen molar-refractivity contribution in [2.75, 3.05) is 32.7 Å². The third kappa shape index (κ3) is 5.66. The van der Waals surface area contributed by atoms with Gasteiger partial charge in [0.15, 0.2) is 0 Å². The van der Waals surface area contributed by atoms with Gasteiger partial charge in [0.05, 0.1) is 0 Å². The zero-order valence-corrected chi connectivity index (χ0v) is 17.7. The normalized spacial score (nSPS) is 14.7. The number of nitrogens with zero attached hydrogens (tertiary/aromatic N) is 2. The van der Waals surface area contributed by atoms with E-state index in [9.17, 15) is 9.59 Å². The summed E-state index contributed by atoms with van der Waals surface area (Å²) >= 11 is 3.35. The minimum Gasteiger partial charge on any atom is -0.352 e. The molecule has 28 heavy (non-hydrogen) atoms. The summed E-state index contributed by atoms with van der Waals surface area (Å²) in [5, 5.41) is 2.82. The highest BCUT2D eigenvalue weighted by Gasteiger charge is 2.21. The van der Waals surface area contributed by atoms with Gasteiger partial charge in [0.2, 0.25) is 5.91 Å². The summed E-state index contributed by atoms with van der Waals surface area (Å²) in [5.41, 5.74) is 3.25. The van der Waals surface area contributed by atoms with Crippen LogP contribution < -0.4 is 5.32 Å². The molecule has 2 aromatic rings. The van der Waals surface area contributed by atoms with Crippen molar-refractivity contribution >= 4 is 27.7 Å². The molecule has 0 aromatic heterocycles. The first-order valence-corrected chi connectivity index (χ1v) is 10.4. The molecule has 1 saturated heterocycles. The van der Waals surface area contributed by atoms with Crippen LogP contribution in [0.5, 0.6) is 0 Å². The van der Waals surface area contributed by atoms with E-state index in [0.29, 0.717) is 18.5 Å². The number of hydrogen-bond donors (Lipinski definition) is 1. The molecule has 0 unspecified atom stereocenters. The first-order chi connectivity index (χ1) is 13.5. The van der Waals surface area contributed by atoms with Crippen LogP contribution in [-0.4, -0.2) is 54.3 Å². The van der Waals surface area contributed by atoms with E-state index in [2.05, 4.69) is 57.3 Å². The van der Waals surface area contributed by atoms with Crippen LogP contribution >= 0.6 is 15.9 Å². The molecule has 0 bridgehead atoms. The van der Waals surface area contributed by atoms with Gasteiger partial charge in [0.25, 0.3) is 5.91 Å². The lowest BCUT2D eigenvalue weighted by Gasteiger charge is -2.35. The summed E-state index contributed by atoms with van der Waals surface area (Å²) in [6.45, 7) is 6.67. The number of piperazine rings is 1. The molecule has 3 rings (SSSR count). The maximum atomic E-state index is 12.4. The Morgan fingerprint density at radius 1 is 1.00 bits per heavy atom. The van der Waals surface area contributed by atoms with E-state index >= 15 is 0 Å². The van der Waals surface area contributed by atoms with Gasteiger partial charge in [0, 0.05) is 55.7 Å². The molecule has 1 N–H and O–H groups in total. The van der Waals surface area contributed by atoms with E-state index in [1.54, 1.807) is 12.1 Å². The molecule has 6 heteroatoms. The van der Waals surface area contributed by atoms with Crippen molar-refractivity contribution in [1.29, 1.82) is 0 Å². The van der Waals surface area contributed by atoms with Crippen molar-refractivity contribution < 1.29 is 9.59 Å². The van der Waals surface area contributed by atoms with Crippen LogP contribution in [0.15, 0.2) is 53.0 Å². The van der Waals surface area contributed by atoms with Gasteiger partial charge < -0.3 is 10.2 Å². The standard InChI is InChI=1S/C22H26BrN3O2/c1-17-4-2-3-5-19(17)16-25-12-14-26(15-13-25)21(27)10-11-24-22(28)18-6-8-20(23)9-7-18/h2-9H,10-16H2,1H3,(H,24,28). The van der Waals surface area contributed by atoms with Crippen molar-refractivity contribution in [3.8, 4) is 0 Å². The fourth-order valence-electron chi connectivity index (χ4n) is 3.33. The summed E-state index contributed by atoms with van der Waals surface area (Å²) < 4.78 is 0.931. The maximum Gasteiger partial charge on any atom is 0.251 e. The van der Waals surface area contributed by atoms with Gasteiger partial charge in [-0.1, -0.05) is 40.2 Å². The minimum absolute atomic E-state index is 0.103. The molecule has 1 aliphatic rings. The molecule has 1 aliphatic heterocycles. The zero-order valence-electron chi connectivity index (χ0n) is 16.2. The number of carbonyl (C=O) groups is 2. The van der Waals surface area contributed by atoms with Gasteiger partial charge in [-0.05, 0) is 42.3 Å². The van der Waals surface area contributed by atoms with E-state index in [1.807, 2.05) is 17.0 Å². The van der Waals surface area contributed by atoms with E-state index in [1.165, 1.54) is 11.1 Å². The van der Waals surface area contributed by atoms with Gasteiger partial charge in [-0.15, -0.1) is 0 Å². The third-order valence-electron chi connectivity index (χ3n) is 5.11. The maximum absolute atomic E-state index is 12.4. The molecule has 148 valence electrons. The number of benzene rings is 2. The Kier molecular flexibility index (Phi) is 7.23. The number of nitrogens with one attached hydrogen (secondary N) is 1. The molecule has 0 saturated carbocycles. The van der Waals surface area contributed by atoms with Gasteiger partial charge in [-0.2, -0.15) is 0 Å². The van der Waals surface area contributed by atoms with Crippen LogP contribution in [0, 0.1) is 6.92 Å². The van der Waals surface area contributed by atoms with Gasteiger partial charge >= 0.3 is 0 Å². The smallest absolute Gasteiger partial charge is 0.251 e. The predicted molar refractivity (Wildman–Crippen MR) is 114 cm³/mol. The number of rotatable bonds is 6. The van der Waals surface area contributed by atoms with Crippen LogP contribution in [0.2, 0.25) is 0 Å².